The smallest absolute Gasteiger partial charge is 0.207 e. The molecule has 0 amide bonds. The molecule has 0 aromatic heterocycles. The van der Waals surface area contributed by atoms with Gasteiger partial charge in [0.05, 0.1) is 11.1 Å². The van der Waals surface area contributed by atoms with E-state index >= 15 is 0 Å². The fraction of sp³-hybridized carbons (Fsp3) is 0.111. The van der Waals surface area contributed by atoms with Crippen molar-refractivity contribution >= 4 is 0 Å². The first-order valence-electron chi connectivity index (χ1n) is 6.57. The molecule has 0 spiro atoms. The quantitative estimate of drug-likeness (QED) is 0.412. The van der Waals surface area contributed by atoms with Crippen LogP contribution in [0.5, 0.6) is 0 Å². The first-order chi connectivity index (χ1) is 11.9. The van der Waals surface area contributed by atoms with E-state index in [1.807, 2.05) is 11.8 Å². The third kappa shape index (κ3) is 5.52. The number of halogens is 8. The molecule has 0 bridgehead atoms. The van der Waals surface area contributed by atoms with E-state index in [0.29, 0.717) is 12.1 Å². The lowest BCUT2D eigenvalue weighted by Crippen LogP contribution is -2.08. The van der Waals surface area contributed by atoms with E-state index in [-0.39, 0.29) is 11.1 Å². The molecule has 0 saturated heterocycles. The summed E-state index contributed by atoms with van der Waals surface area (Å²) in [7, 11) is 0. The molecule has 0 unspecified atom stereocenters. The average molecular weight is 376 g/mol. The number of alkyl halides is 6. The molecule has 0 heterocycles. The van der Waals surface area contributed by atoms with Crippen LogP contribution in [0.3, 0.4) is 0 Å². The minimum absolute atomic E-state index is 0.353. The molecule has 0 radical (unpaired) electrons. The Morgan fingerprint density at radius 2 is 0.923 bits per heavy atom. The molecular weight excluding hydrogens is 368 g/mol. The maximum atomic E-state index is 12.4. The van der Waals surface area contributed by atoms with Crippen LogP contribution in [0.2, 0.25) is 0 Å². The maximum Gasteiger partial charge on any atom is 0.417 e. The predicted molar refractivity (Wildman–Crippen MR) is 78.7 cm³/mol. The van der Waals surface area contributed by atoms with Gasteiger partial charge in [0.2, 0.25) is 0 Å². The Morgan fingerprint density at radius 3 is 1.15 bits per heavy atom. The van der Waals surface area contributed by atoms with Gasteiger partial charge in [-0.05, 0) is 36.4 Å². The third-order valence-electron chi connectivity index (χ3n) is 2.89. The Morgan fingerprint density at radius 1 is 0.615 bits per heavy atom. The second-order valence-corrected chi connectivity index (χ2v) is 4.66. The maximum absolute atomic E-state index is 12.4. The van der Waals surface area contributed by atoms with Crippen molar-refractivity contribution in [2.45, 2.75) is 12.4 Å². The van der Waals surface area contributed by atoms with Crippen LogP contribution in [-0.2, 0) is 12.4 Å². The first kappa shape index (κ1) is 21.0. The van der Waals surface area contributed by atoms with E-state index in [0.717, 1.165) is 24.3 Å². The zero-order chi connectivity index (χ0) is 20.1. The summed E-state index contributed by atoms with van der Waals surface area (Å²) in [4.78, 5) is 0. The molecule has 26 heavy (non-hydrogen) atoms. The Kier molecular flexibility index (Phi) is 6.41. The van der Waals surface area contributed by atoms with Gasteiger partial charge in [0.15, 0.2) is 0 Å². The third-order valence-corrected chi connectivity index (χ3v) is 2.89. The van der Waals surface area contributed by atoms with Crippen molar-refractivity contribution in [3.63, 3.8) is 0 Å². The highest BCUT2D eigenvalue weighted by molar-refractivity contribution is 5.42. The number of benzene rings is 2. The van der Waals surface area contributed by atoms with Crippen molar-refractivity contribution in [1.29, 1.82) is 0 Å². The molecule has 0 aliphatic carbocycles. The summed E-state index contributed by atoms with van der Waals surface area (Å²) in [5, 5.41) is 0. The summed E-state index contributed by atoms with van der Waals surface area (Å²) in [6.45, 7) is 0. The standard InChI is InChI=1S/2C9H4F4/c2*1-2-6-3-4-7(10)5-8(6)9(11,12)13/h2*1,3-5H. The lowest BCUT2D eigenvalue weighted by atomic mass is 10.1. The molecule has 0 nitrogen and oxygen atoms in total. The fourth-order valence-corrected chi connectivity index (χ4v) is 1.75. The molecule has 0 saturated carbocycles. The van der Waals surface area contributed by atoms with Gasteiger partial charge in [-0.2, -0.15) is 26.3 Å². The van der Waals surface area contributed by atoms with Gasteiger partial charge >= 0.3 is 12.4 Å². The molecule has 136 valence electrons. The Balaban J connectivity index is 0.000000260. The van der Waals surface area contributed by atoms with Crippen LogP contribution in [0, 0.1) is 36.3 Å². The van der Waals surface area contributed by atoms with Crippen LogP contribution >= 0.6 is 0 Å². The molecule has 2 aromatic carbocycles. The summed E-state index contributed by atoms with van der Waals surface area (Å²) in [5.74, 6) is 1.78. The molecule has 0 fully saturated rings. The van der Waals surface area contributed by atoms with Gasteiger partial charge in [-0.15, -0.1) is 12.8 Å². The topological polar surface area (TPSA) is 0 Å². The predicted octanol–water partition coefficient (Wildman–Crippen LogP) is 5.65. The molecule has 0 aliphatic heterocycles. The molecular formula is C18H8F8. The van der Waals surface area contributed by atoms with Gasteiger partial charge < -0.3 is 0 Å². The molecule has 8 heteroatoms. The highest BCUT2D eigenvalue weighted by atomic mass is 19.4. The Bertz CT molecular complexity index is 787. The van der Waals surface area contributed by atoms with Crippen molar-refractivity contribution in [1.82, 2.24) is 0 Å². The summed E-state index contributed by atoms with van der Waals surface area (Å²) >= 11 is 0. The van der Waals surface area contributed by atoms with E-state index in [9.17, 15) is 35.1 Å². The minimum atomic E-state index is -4.61. The van der Waals surface area contributed by atoms with Crippen LogP contribution in [0.15, 0.2) is 36.4 Å². The summed E-state index contributed by atoms with van der Waals surface area (Å²) < 4.78 is 97.8. The van der Waals surface area contributed by atoms with Crippen LogP contribution in [0.25, 0.3) is 0 Å². The fourth-order valence-electron chi connectivity index (χ4n) is 1.75. The van der Waals surface area contributed by atoms with Gasteiger partial charge in [-0.1, -0.05) is 11.8 Å². The number of hydrogen-bond donors (Lipinski definition) is 0. The van der Waals surface area contributed by atoms with E-state index in [1.54, 1.807) is 0 Å². The van der Waals surface area contributed by atoms with E-state index in [4.69, 9.17) is 12.8 Å². The minimum Gasteiger partial charge on any atom is -0.207 e. The van der Waals surface area contributed by atoms with Crippen LogP contribution in [-0.4, -0.2) is 0 Å². The van der Waals surface area contributed by atoms with Crippen molar-refractivity contribution < 1.29 is 35.1 Å². The SMILES string of the molecule is C#Cc1ccc(F)cc1C(F)(F)F.C#Cc1ccc(F)cc1C(F)(F)F. The first-order valence-corrected chi connectivity index (χ1v) is 6.57. The zero-order valence-corrected chi connectivity index (χ0v) is 12.6. The number of terminal acetylenes is 2. The van der Waals surface area contributed by atoms with Crippen molar-refractivity contribution in [3.05, 3.63) is 70.3 Å². The molecule has 0 aliphatic rings. The highest BCUT2D eigenvalue weighted by Crippen LogP contribution is 2.32. The van der Waals surface area contributed by atoms with E-state index in [1.165, 1.54) is 0 Å². The highest BCUT2D eigenvalue weighted by Gasteiger charge is 2.34. The van der Waals surface area contributed by atoms with Crippen LogP contribution in [0.1, 0.15) is 22.3 Å². The second-order valence-electron chi connectivity index (χ2n) is 4.66. The van der Waals surface area contributed by atoms with E-state index < -0.39 is 35.1 Å². The Hall–Kier alpha value is -3.00. The van der Waals surface area contributed by atoms with Crippen LogP contribution in [0.4, 0.5) is 35.1 Å². The summed E-state index contributed by atoms with van der Waals surface area (Å²) in [5.41, 5.74) is -2.94. The van der Waals surface area contributed by atoms with Gasteiger partial charge in [0.1, 0.15) is 11.6 Å². The van der Waals surface area contributed by atoms with Crippen molar-refractivity contribution in [2.24, 2.45) is 0 Å². The zero-order valence-electron chi connectivity index (χ0n) is 12.6. The molecule has 0 N–H and O–H groups in total. The molecule has 2 aromatic rings. The van der Waals surface area contributed by atoms with E-state index in [2.05, 4.69) is 0 Å². The largest absolute Gasteiger partial charge is 0.417 e. The number of rotatable bonds is 0. The number of hydrogen-bond acceptors (Lipinski definition) is 0. The summed E-state index contributed by atoms with van der Waals surface area (Å²) in [6.07, 6.45) is 0.435. The normalized spacial score (nSPS) is 11.0. The van der Waals surface area contributed by atoms with Crippen molar-refractivity contribution in [3.8, 4) is 24.7 Å². The summed E-state index contributed by atoms with van der Waals surface area (Å²) in [6, 6.07) is 4.41. The monoisotopic (exact) mass is 376 g/mol. The van der Waals surface area contributed by atoms with Gasteiger partial charge in [0.25, 0.3) is 0 Å². The molecule has 2 rings (SSSR count). The lowest BCUT2D eigenvalue weighted by molar-refractivity contribution is -0.138. The van der Waals surface area contributed by atoms with Gasteiger partial charge in [0, 0.05) is 11.1 Å². The van der Waals surface area contributed by atoms with Gasteiger partial charge in [-0.25, -0.2) is 8.78 Å². The lowest BCUT2D eigenvalue weighted by Gasteiger charge is -2.08. The van der Waals surface area contributed by atoms with Gasteiger partial charge in [-0.3, -0.25) is 0 Å². The van der Waals surface area contributed by atoms with Crippen molar-refractivity contribution in [2.75, 3.05) is 0 Å². The molecule has 0 atom stereocenters. The van der Waals surface area contributed by atoms with Crippen LogP contribution < -0.4 is 0 Å². The second kappa shape index (κ2) is 7.92. The Labute approximate surface area is 143 Å². The average Bonchev–Trinajstić information content (AvgIpc) is 2.54.